The Labute approximate surface area is 180 Å². The van der Waals surface area contributed by atoms with Gasteiger partial charge in [-0.1, -0.05) is 80.1 Å². The summed E-state index contributed by atoms with van der Waals surface area (Å²) in [4.78, 5) is 13.0. The van der Waals surface area contributed by atoms with E-state index in [0.717, 1.165) is 36.8 Å². The Morgan fingerprint density at radius 1 is 0.933 bits per heavy atom. The monoisotopic (exact) mass is 428 g/mol. The summed E-state index contributed by atoms with van der Waals surface area (Å²) in [6.07, 6.45) is 8.04. The molecule has 1 amide bonds. The summed E-state index contributed by atoms with van der Waals surface area (Å²) in [5, 5.41) is 3.15. The van der Waals surface area contributed by atoms with E-state index in [1.165, 1.54) is 19.3 Å². The summed E-state index contributed by atoms with van der Waals surface area (Å²) >= 11 is 0. The second kappa shape index (κ2) is 10.7. The van der Waals surface area contributed by atoms with Crippen LogP contribution < -0.4 is 10.0 Å². The summed E-state index contributed by atoms with van der Waals surface area (Å²) in [7, 11) is -3.74. The Balaban J connectivity index is 1.72. The molecule has 1 fully saturated rings. The predicted molar refractivity (Wildman–Crippen MR) is 120 cm³/mol. The molecule has 0 aromatic heterocycles. The zero-order valence-corrected chi connectivity index (χ0v) is 18.5. The number of sulfonamides is 1. The van der Waals surface area contributed by atoms with Crippen LogP contribution in [0, 0.1) is 6.92 Å². The highest BCUT2D eigenvalue weighted by Gasteiger charge is 2.25. The lowest BCUT2D eigenvalue weighted by molar-refractivity contribution is -0.122. The van der Waals surface area contributed by atoms with E-state index in [-0.39, 0.29) is 23.3 Å². The normalized spacial score (nSPS) is 17.0. The first-order valence-corrected chi connectivity index (χ1v) is 12.4. The molecule has 0 aliphatic heterocycles. The molecular formula is C24H32N2O3S. The summed E-state index contributed by atoms with van der Waals surface area (Å²) in [6, 6.07) is 15.6. The topological polar surface area (TPSA) is 75.3 Å². The van der Waals surface area contributed by atoms with Crippen molar-refractivity contribution < 1.29 is 13.2 Å². The zero-order valence-electron chi connectivity index (χ0n) is 17.6. The van der Waals surface area contributed by atoms with E-state index in [9.17, 15) is 13.2 Å². The molecule has 30 heavy (non-hydrogen) atoms. The minimum absolute atomic E-state index is 0.0750. The van der Waals surface area contributed by atoms with Crippen molar-refractivity contribution in [3.05, 3.63) is 65.7 Å². The molecule has 162 valence electrons. The third kappa shape index (κ3) is 6.67. The van der Waals surface area contributed by atoms with Crippen LogP contribution in [0.15, 0.2) is 59.5 Å². The van der Waals surface area contributed by atoms with Gasteiger partial charge in [0, 0.05) is 12.5 Å². The molecule has 0 unspecified atom stereocenters. The maximum atomic E-state index is 12.9. The van der Waals surface area contributed by atoms with Gasteiger partial charge in [-0.15, -0.1) is 0 Å². The lowest BCUT2D eigenvalue weighted by Crippen LogP contribution is -2.38. The molecule has 0 saturated heterocycles. The van der Waals surface area contributed by atoms with Crippen LogP contribution >= 0.6 is 0 Å². The Kier molecular flexibility index (Phi) is 8.05. The van der Waals surface area contributed by atoms with Crippen LogP contribution in [0.5, 0.6) is 0 Å². The van der Waals surface area contributed by atoms with Gasteiger partial charge in [-0.25, -0.2) is 13.1 Å². The Morgan fingerprint density at radius 2 is 1.53 bits per heavy atom. The number of benzene rings is 2. The van der Waals surface area contributed by atoms with Gasteiger partial charge in [-0.05, 0) is 37.5 Å². The van der Waals surface area contributed by atoms with Gasteiger partial charge in [0.2, 0.25) is 15.9 Å². The third-order valence-corrected chi connectivity index (χ3v) is 7.18. The molecule has 5 nitrogen and oxygen atoms in total. The Bertz CT molecular complexity index is 903. The molecule has 1 saturated carbocycles. The summed E-state index contributed by atoms with van der Waals surface area (Å²) in [5.41, 5.74) is 1.77. The first-order chi connectivity index (χ1) is 14.4. The third-order valence-electron chi connectivity index (χ3n) is 5.69. The van der Waals surface area contributed by atoms with Crippen molar-refractivity contribution >= 4 is 15.9 Å². The zero-order chi connectivity index (χ0) is 21.4. The number of nitrogens with one attached hydrogen (secondary N) is 2. The van der Waals surface area contributed by atoms with Crippen molar-refractivity contribution in [2.75, 3.05) is 0 Å². The Morgan fingerprint density at radius 3 is 2.17 bits per heavy atom. The van der Waals surface area contributed by atoms with Crippen molar-refractivity contribution in [3.63, 3.8) is 0 Å². The number of hydrogen-bond donors (Lipinski definition) is 2. The second-order valence-corrected chi connectivity index (χ2v) is 9.93. The van der Waals surface area contributed by atoms with E-state index < -0.39 is 16.1 Å². The standard InChI is InChI=1S/C24H32N2O3S/c1-19-14-16-22(17-15-19)30(28,29)26-23(20-10-6-5-7-11-20)18-24(27)25-21-12-8-3-2-4-9-13-21/h5-7,10-11,14-17,21,23,26H,2-4,8-9,12-13,18H2,1H3,(H,25,27)/t23-/m0/s1. The minimum atomic E-state index is -3.74. The molecule has 1 atom stereocenters. The van der Waals surface area contributed by atoms with Gasteiger partial charge in [-0.2, -0.15) is 0 Å². The van der Waals surface area contributed by atoms with E-state index in [1.807, 2.05) is 37.3 Å². The molecular weight excluding hydrogens is 396 g/mol. The van der Waals surface area contributed by atoms with Crippen LogP contribution in [0.3, 0.4) is 0 Å². The van der Waals surface area contributed by atoms with E-state index in [4.69, 9.17) is 0 Å². The van der Waals surface area contributed by atoms with Crippen molar-refractivity contribution in [3.8, 4) is 0 Å². The van der Waals surface area contributed by atoms with Crippen LogP contribution in [0.25, 0.3) is 0 Å². The number of aryl methyl sites for hydroxylation is 1. The SMILES string of the molecule is Cc1ccc(S(=O)(=O)N[C@@H](CC(=O)NC2CCCCCCC2)c2ccccc2)cc1. The van der Waals surface area contributed by atoms with Crippen LogP contribution in [0.2, 0.25) is 0 Å². The molecule has 0 bridgehead atoms. The van der Waals surface area contributed by atoms with Crippen LogP contribution in [-0.2, 0) is 14.8 Å². The number of hydrogen-bond acceptors (Lipinski definition) is 3. The molecule has 2 aromatic carbocycles. The highest BCUT2D eigenvalue weighted by Crippen LogP contribution is 2.22. The predicted octanol–water partition coefficient (Wildman–Crippen LogP) is 4.63. The molecule has 2 N–H and O–H groups in total. The quantitative estimate of drug-likeness (QED) is 0.675. The maximum absolute atomic E-state index is 12.9. The molecule has 6 heteroatoms. The fourth-order valence-corrected chi connectivity index (χ4v) is 5.18. The number of amides is 1. The molecule has 2 aromatic rings. The van der Waals surface area contributed by atoms with Crippen LogP contribution in [-0.4, -0.2) is 20.4 Å². The maximum Gasteiger partial charge on any atom is 0.241 e. The molecule has 1 aliphatic carbocycles. The van der Waals surface area contributed by atoms with Gasteiger partial charge in [0.25, 0.3) is 0 Å². The van der Waals surface area contributed by atoms with Gasteiger partial charge in [0.1, 0.15) is 0 Å². The number of carbonyl (C=O) groups excluding carboxylic acids is 1. The Hall–Kier alpha value is -2.18. The van der Waals surface area contributed by atoms with Crippen molar-refractivity contribution in [1.82, 2.24) is 10.0 Å². The van der Waals surface area contributed by atoms with E-state index in [0.29, 0.717) is 0 Å². The lowest BCUT2D eigenvalue weighted by Gasteiger charge is -2.23. The van der Waals surface area contributed by atoms with Crippen LogP contribution in [0.1, 0.15) is 68.5 Å². The number of rotatable bonds is 7. The lowest BCUT2D eigenvalue weighted by atomic mass is 9.96. The van der Waals surface area contributed by atoms with Crippen molar-refractivity contribution in [2.24, 2.45) is 0 Å². The molecule has 1 aliphatic rings. The molecule has 0 heterocycles. The van der Waals surface area contributed by atoms with Crippen molar-refractivity contribution in [1.29, 1.82) is 0 Å². The van der Waals surface area contributed by atoms with E-state index in [2.05, 4.69) is 10.0 Å². The largest absolute Gasteiger partial charge is 0.353 e. The molecule has 3 rings (SSSR count). The summed E-state index contributed by atoms with van der Waals surface area (Å²) in [5.74, 6) is -0.110. The first kappa shape index (κ1) is 22.5. The van der Waals surface area contributed by atoms with Gasteiger partial charge in [0.05, 0.1) is 10.9 Å². The van der Waals surface area contributed by atoms with Gasteiger partial charge in [-0.3, -0.25) is 4.79 Å². The summed E-state index contributed by atoms with van der Waals surface area (Å²) in [6.45, 7) is 1.91. The second-order valence-electron chi connectivity index (χ2n) is 8.21. The molecule has 0 spiro atoms. The fraction of sp³-hybridized carbons (Fsp3) is 0.458. The van der Waals surface area contributed by atoms with Gasteiger partial charge in [0.15, 0.2) is 0 Å². The fourth-order valence-electron chi connectivity index (χ4n) is 3.96. The summed E-state index contributed by atoms with van der Waals surface area (Å²) < 4.78 is 28.6. The smallest absolute Gasteiger partial charge is 0.241 e. The van der Waals surface area contributed by atoms with E-state index in [1.54, 1.807) is 24.3 Å². The average Bonchev–Trinajstić information content (AvgIpc) is 2.70. The molecule has 0 radical (unpaired) electrons. The van der Waals surface area contributed by atoms with Crippen LogP contribution in [0.4, 0.5) is 0 Å². The van der Waals surface area contributed by atoms with E-state index >= 15 is 0 Å². The van der Waals surface area contributed by atoms with Gasteiger partial charge < -0.3 is 5.32 Å². The average molecular weight is 429 g/mol. The minimum Gasteiger partial charge on any atom is -0.353 e. The highest BCUT2D eigenvalue weighted by molar-refractivity contribution is 7.89. The highest BCUT2D eigenvalue weighted by atomic mass is 32.2. The number of carbonyl (C=O) groups is 1. The van der Waals surface area contributed by atoms with Crippen molar-refractivity contribution in [2.45, 2.75) is 75.3 Å². The first-order valence-electron chi connectivity index (χ1n) is 10.9. The van der Waals surface area contributed by atoms with Gasteiger partial charge >= 0.3 is 0 Å².